The van der Waals surface area contributed by atoms with Crippen LogP contribution in [0, 0.1) is 11.8 Å². The number of hydrogen-bond acceptors (Lipinski definition) is 9. The van der Waals surface area contributed by atoms with Crippen LogP contribution >= 0.6 is 0 Å². The molecule has 1 aromatic rings. The summed E-state index contributed by atoms with van der Waals surface area (Å²) in [5, 5.41) is 10.9. The molecule has 1 aromatic carbocycles. The zero-order valence-electron chi connectivity index (χ0n) is 32.0. The Labute approximate surface area is 317 Å². The van der Waals surface area contributed by atoms with Crippen LogP contribution in [0.25, 0.3) is 0 Å². The quantitative estimate of drug-likeness (QED) is 0.104. The summed E-state index contributed by atoms with van der Waals surface area (Å²) in [4.78, 5) is 93.1. The number of carbonyl (C=O) groups is 7. The monoisotopic (exact) mass is 754 g/mol. The lowest BCUT2D eigenvalue weighted by Crippen LogP contribution is -2.60. The fourth-order valence-electron chi connectivity index (χ4n) is 6.75. The van der Waals surface area contributed by atoms with Gasteiger partial charge in [-0.2, -0.15) is 0 Å². The Morgan fingerprint density at radius 2 is 1.54 bits per heavy atom. The van der Waals surface area contributed by atoms with Gasteiger partial charge in [0.05, 0.1) is 6.61 Å². The van der Waals surface area contributed by atoms with E-state index in [4.69, 9.17) is 15.2 Å². The van der Waals surface area contributed by atoms with Gasteiger partial charge in [-0.05, 0) is 76.2 Å². The number of nitrogens with two attached hydrogens (primary N) is 1. The minimum atomic E-state index is -1.12. The molecule has 1 aliphatic carbocycles. The third-order valence-electron chi connectivity index (χ3n) is 9.63. The van der Waals surface area contributed by atoms with Crippen molar-refractivity contribution < 1.29 is 43.0 Å². The van der Waals surface area contributed by atoms with E-state index in [1.807, 2.05) is 32.0 Å². The lowest BCUT2D eigenvalue weighted by Gasteiger charge is -2.35. The van der Waals surface area contributed by atoms with Gasteiger partial charge in [-0.15, -0.1) is 0 Å². The highest BCUT2D eigenvalue weighted by Crippen LogP contribution is 2.29. The number of esters is 1. The van der Waals surface area contributed by atoms with Crippen LogP contribution in [0.5, 0.6) is 0 Å². The summed E-state index contributed by atoms with van der Waals surface area (Å²) in [6, 6.07) is 4.19. The topological polar surface area (TPSA) is 215 Å². The number of allylic oxidation sites excluding steroid dienone is 1. The highest BCUT2D eigenvalue weighted by molar-refractivity contribution is 5.96. The second-order valence-corrected chi connectivity index (χ2v) is 14.4. The van der Waals surface area contributed by atoms with Gasteiger partial charge >= 0.3 is 12.1 Å². The van der Waals surface area contributed by atoms with E-state index in [-0.39, 0.29) is 44.4 Å². The van der Waals surface area contributed by atoms with Gasteiger partial charge in [-0.3, -0.25) is 24.0 Å². The van der Waals surface area contributed by atoms with Crippen molar-refractivity contribution >= 4 is 41.6 Å². The smallest absolute Gasteiger partial charge is 0.408 e. The van der Waals surface area contributed by atoms with E-state index in [9.17, 15) is 33.6 Å². The number of rotatable bonds is 19. The molecule has 1 saturated heterocycles. The third-order valence-corrected chi connectivity index (χ3v) is 9.63. The number of alkyl carbamates (subject to hydrolysis) is 1. The van der Waals surface area contributed by atoms with Crippen LogP contribution in [0.2, 0.25) is 0 Å². The maximum Gasteiger partial charge on any atom is 0.408 e. The Kier molecular flexibility index (Phi) is 18.0. The van der Waals surface area contributed by atoms with Gasteiger partial charge in [0, 0.05) is 12.6 Å². The first kappa shape index (κ1) is 43.5. The summed E-state index contributed by atoms with van der Waals surface area (Å²) < 4.78 is 10.3. The van der Waals surface area contributed by atoms with Crippen molar-refractivity contribution in [2.24, 2.45) is 17.6 Å². The van der Waals surface area contributed by atoms with Gasteiger partial charge in [0.2, 0.25) is 29.5 Å². The lowest BCUT2D eigenvalue weighted by molar-refractivity contribution is -0.144. The highest BCUT2D eigenvalue weighted by Gasteiger charge is 2.42. The summed E-state index contributed by atoms with van der Waals surface area (Å²) in [5.41, 5.74) is 6.09. The van der Waals surface area contributed by atoms with E-state index >= 15 is 0 Å². The molecule has 2 fully saturated rings. The first-order valence-corrected chi connectivity index (χ1v) is 19.1. The van der Waals surface area contributed by atoms with Gasteiger partial charge in [-0.1, -0.05) is 69.5 Å². The highest BCUT2D eigenvalue weighted by atomic mass is 16.5. The molecule has 3 rings (SSSR count). The molecule has 5 atom stereocenters. The minimum Gasteiger partial charge on any atom is -0.463 e. The summed E-state index contributed by atoms with van der Waals surface area (Å²) >= 11 is 0. The fourth-order valence-corrected chi connectivity index (χ4v) is 6.75. The average Bonchev–Trinajstić information content (AvgIpc) is 3.65. The molecular formula is C39H58N6O9. The van der Waals surface area contributed by atoms with Crippen LogP contribution in [-0.4, -0.2) is 89.9 Å². The number of hydrogen-bond donors (Lipinski definition) is 5. The van der Waals surface area contributed by atoms with Crippen molar-refractivity contribution in [3.8, 4) is 0 Å². The Bertz CT molecular complexity index is 1460. The van der Waals surface area contributed by atoms with E-state index in [1.54, 1.807) is 25.1 Å². The van der Waals surface area contributed by atoms with E-state index in [1.165, 1.54) is 17.9 Å². The maximum absolute atomic E-state index is 14.4. The van der Waals surface area contributed by atoms with E-state index < -0.39 is 71.8 Å². The van der Waals surface area contributed by atoms with Crippen LogP contribution in [0.1, 0.15) is 97.5 Å². The molecular weight excluding hydrogens is 696 g/mol. The largest absolute Gasteiger partial charge is 0.463 e. The van der Waals surface area contributed by atoms with Gasteiger partial charge in [0.15, 0.2) is 0 Å². The molecule has 1 heterocycles. The zero-order chi connectivity index (χ0) is 39.6. The number of nitrogens with zero attached hydrogens (tertiary/aromatic N) is 1. The Morgan fingerprint density at radius 3 is 2.19 bits per heavy atom. The lowest BCUT2D eigenvalue weighted by atomic mass is 9.83. The van der Waals surface area contributed by atoms with Crippen LogP contribution in [0.15, 0.2) is 42.5 Å². The Balaban J connectivity index is 1.80. The number of primary amides is 1. The molecule has 0 bridgehead atoms. The molecule has 15 heteroatoms. The Hall–Kier alpha value is -4.95. The standard InChI is InChI=1S/C39H58N6O9/c1-5-53-32(46)21-13-12-19-29(43-39(52)54-24-27-15-8-6-9-16-27)35(48)44-33(28-17-10-7-11-18-28)38(51)45-22-14-20-31(45)37(50)42-30(23-25(2)3)36(49)41-26(4)34(40)47/h6,8-9,13,15-16,21,25-26,28-31,33H,5,7,10-12,14,17-20,22-24H2,1-4H3,(H2,40,47)(H,41,49)(H,42,50)(H,43,52)(H,44,48)/b21-13+/t26-,29-,30-,31-,33-/m0/s1. The number of amides is 6. The SMILES string of the molecule is CCOC(=O)/C=C/CC[C@H](NC(=O)OCc1ccccc1)C(=O)N[C@H](C(=O)N1CCC[C@H]1C(=O)N[C@@H](CC(C)C)C(=O)N[C@@H](C)C(N)=O)C1CCCCC1. The van der Waals surface area contributed by atoms with Crippen molar-refractivity contribution in [3.63, 3.8) is 0 Å². The minimum absolute atomic E-state index is 0.0186. The molecule has 6 N–H and O–H groups in total. The normalized spacial score (nSPS) is 18.2. The van der Waals surface area contributed by atoms with Gasteiger partial charge in [-0.25, -0.2) is 9.59 Å². The first-order valence-electron chi connectivity index (χ1n) is 19.1. The first-order chi connectivity index (χ1) is 25.8. The molecule has 0 spiro atoms. The van der Waals surface area contributed by atoms with Crippen molar-refractivity contribution in [1.29, 1.82) is 0 Å². The third kappa shape index (κ3) is 14.1. The van der Waals surface area contributed by atoms with E-state index in [0.29, 0.717) is 32.1 Å². The van der Waals surface area contributed by atoms with Crippen molar-refractivity contribution in [3.05, 3.63) is 48.0 Å². The molecule has 2 aliphatic rings. The molecule has 0 radical (unpaired) electrons. The molecule has 1 saturated carbocycles. The molecule has 0 unspecified atom stereocenters. The van der Waals surface area contributed by atoms with Gasteiger partial charge in [0.25, 0.3) is 0 Å². The average molecular weight is 755 g/mol. The van der Waals surface area contributed by atoms with Gasteiger partial charge < -0.3 is 41.4 Å². The van der Waals surface area contributed by atoms with E-state index in [0.717, 1.165) is 24.8 Å². The molecule has 15 nitrogen and oxygen atoms in total. The van der Waals surface area contributed by atoms with E-state index in [2.05, 4.69) is 21.3 Å². The van der Waals surface area contributed by atoms with Crippen molar-refractivity contribution in [2.75, 3.05) is 13.2 Å². The second-order valence-electron chi connectivity index (χ2n) is 14.4. The predicted octanol–water partition coefficient (Wildman–Crippen LogP) is 2.76. The predicted molar refractivity (Wildman–Crippen MR) is 200 cm³/mol. The number of carbonyl (C=O) groups excluding carboxylic acids is 7. The zero-order valence-corrected chi connectivity index (χ0v) is 32.0. The van der Waals surface area contributed by atoms with Crippen LogP contribution in [0.3, 0.4) is 0 Å². The summed E-state index contributed by atoms with van der Waals surface area (Å²) in [6.07, 6.45) is 7.62. The maximum atomic E-state index is 14.4. The Morgan fingerprint density at radius 1 is 0.852 bits per heavy atom. The molecule has 54 heavy (non-hydrogen) atoms. The molecule has 1 aliphatic heterocycles. The number of ether oxygens (including phenoxy) is 2. The van der Waals surface area contributed by atoms with Crippen molar-refractivity contribution in [1.82, 2.24) is 26.2 Å². The number of nitrogens with one attached hydrogen (secondary N) is 4. The van der Waals surface area contributed by atoms with Crippen LogP contribution < -0.4 is 27.0 Å². The summed E-state index contributed by atoms with van der Waals surface area (Å²) in [6.45, 7) is 7.41. The van der Waals surface area contributed by atoms with Crippen LogP contribution in [0.4, 0.5) is 4.79 Å². The molecule has 0 aromatic heterocycles. The summed E-state index contributed by atoms with van der Waals surface area (Å²) in [5.74, 6) is -3.49. The fraction of sp³-hybridized carbons (Fsp3) is 0.615. The molecule has 298 valence electrons. The number of benzene rings is 1. The van der Waals surface area contributed by atoms with Gasteiger partial charge in [0.1, 0.15) is 36.8 Å². The van der Waals surface area contributed by atoms with Crippen molar-refractivity contribution in [2.45, 2.75) is 129 Å². The number of likely N-dealkylation sites (tertiary alicyclic amines) is 1. The second kappa shape index (κ2) is 22.3. The van der Waals surface area contributed by atoms with Crippen LogP contribution in [-0.2, 0) is 44.8 Å². The molecule has 6 amide bonds. The summed E-state index contributed by atoms with van der Waals surface area (Å²) in [7, 11) is 0.